The summed E-state index contributed by atoms with van der Waals surface area (Å²) in [6, 6.07) is 5.61. The Bertz CT molecular complexity index is 350. The van der Waals surface area contributed by atoms with Crippen LogP contribution in [0.15, 0.2) is 30.9 Å². The first-order valence-corrected chi connectivity index (χ1v) is 5.31. The van der Waals surface area contributed by atoms with Crippen LogP contribution in [0, 0.1) is 0 Å². The van der Waals surface area contributed by atoms with Crippen LogP contribution >= 0.6 is 0 Å². The minimum absolute atomic E-state index is 0.0527. The average Bonchev–Trinajstić information content (AvgIpc) is 2.35. The van der Waals surface area contributed by atoms with Crippen molar-refractivity contribution in [3.8, 4) is 11.5 Å². The van der Waals surface area contributed by atoms with Gasteiger partial charge in [-0.05, 0) is 31.0 Å². The van der Waals surface area contributed by atoms with Gasteiger partial charge >= 0.3 is 0 Å². The van der Waals surface area contributed by atoms with Crippen molar-refractivity contribution in [1.29, 1.82) is 0 Å². The van der Waals surface area contributed by atoms with Crippen molar-refractivity contribution < 1.29 is 9.47 Å². The Morgan fingerprint density at radius 3 is 2.69 bits per heavy atom. The van der Waals surface area contributed by atoms with Gasteiger partial charge in [-0.3, -0.25) is 0 Å². The number of nitrogens with two attached hydrogens (primary N) is 1. The molecule has 0 spiro atoms. The van der Waals surface area contributed by atoms with Gasteiger partial charge in [-0.25, -0.2) is 0 Å². The van der Waals surface area contributed by atoms with Gasteiger partial charge in [0.15, 0.2) is 0 Å². The number of hydrogen-bond acceptors (Lipinski definition) is 3. The Kier molecular flexibility index (Phi) is 4.86. The molecule has 0 aromatic heterocycles. The van der Waals surface area contributed by atoms with Gasteiger partial charge < -0.3 is 15.2 Å². The van der Waals surface area contributed by atoms with E-state index in [0.717, 1.165) is 29.9 Å². The molecule has 0 amide bonds. The number of benzene rings is 1. The number of allylic oxidation sites excluding steroid dienone is 1. The third-order valence-corrected chi connectivity index (χ3v) is 2.52. The molecule has 1 aromatic rings. The zero-order chi connectivity index (χ0) is 12.0. The fraction of sp³-hybridized carbons (Fsp3) is 0.385. The molecule has 3 heteroatoms. The number of methoxy groups -OCH3 is 2. The SMILES string of the molecule is C=CCC[C@H](N)c1cc(OC)ccc1OC. The van der Waals surface area contributed by atoms with Gasteiger partial charge in [0.25, 0.3) is 0 Å². The maximum atomic E-state index is 6.10. The molecule has 0 fully saturated rings. The van der Waals surface area contributed by atoms with E-state index < -0.39 is 0 Å². The van der Waals surface area contributed by atoms with E-state index in [9.17, 15) is 0 Å². The maximum absolute atomic E-state index is 6.10. The van der Waals surface area contributed by atoms with Crippen LogP contribution in [0.4, 0.5) is 0 Å². The third-order valence-electron chi connectivity index (χ3n) is 2.52. The highest BCUT2D eigenvalue weighted by Gasteiger charge is 2.12. The molecule has 0 saturated carbocycles. The molecule has 0 aliphatic carbocycles. The van der Waals surface area contributed by atoms with Crippen molar-refractivity contribution in [3.05, 3.63) is 36.4 Å². The Morgan fingerprint density at radius 1 is 1.38 bits per heavy atom. The van der Waals surface area contributed by atoms with Crippen molar-refractivity contribution in [2.24, 2.45) is 5.73 Å². The smallest absolute Gasteiger partial charge is 0.123 e. The zero-order valence-corrected chi connectivity index (χ0v) is 9.90. The van der Waals surface area contributed by atoms with Gasteiger partial charge in [0.1, 0.15) is 11.5 Å². The van der Waals surface area contributed by atoms with Crippen molar-refractivity contribution in [1.82, 2.24) is 0 Å². The van der Waals surface area contributed by atoms with E-state index in [4.69, 9.17) is 15.2 Å². The van der Waals surface area contributed by atoms with Crippen LogP contribution in [0.3, 0.4) is 0 Å². The van der Waals surface area contributed by atoms with Crippen LogP contribution in [0.25, 0.3) is 0 Å². The fourth-order valence-electron chi connectivity index (χ4n) is 1.58. The molecular weight excluding hydrogens is 202 g/mol. The van der Waals surface area contributed by atoms with Gasteiger partial charge in [-0.2, -0.15) is 0 Å². The minimum Gasteiger partial charge on any atom is -0.497 e. The molecule has 0 heterocycles. The Hall–Kier alpha value is -1.48. The average molecular weight is 221 g/mol. The predicted molar refractivity (Wildman–Crippen MR) is 65.9 cm³/mol. The van der Waals surface area contributed by atoms with Crippen LogP contribution in [0.2, 0.25) is 0 Å². The molecule has 0 radical (unpaired) electrons. The zero-order valence-electron chi connectivity index (χ0n) is 9.90. The topological polar surface area (TPSA) is 44.5 Å². The molecular formula is C13H19NO2. The normalized spacial score (nSPS) is 11.9. The van der Waals surface area contributed by atoms with E-state index in [1.54, 1.807) is 14.2 Å². The summed E-state index contributed by atoms with van der Waals surface area (Å²) in [5.41, 5.74) is 7.07. The van der Waals surface area contributed by atoms with Gasteiger partial charge in [0.2, 0.25) is 0 Å². The van der Waals surface area contributed by atoms with E-state index >= 15 is 0 Å². The Labute approximate surface area is 96.9 Å². The second kappa shape index (κ2) is 6.18. The molecule has 16 heavy (non-hydrogen) atoms. The number of hydrogen-bond donors (Lipinski definition) is 1. The van der Waals surface area contributed by atoms with Gasteiger partial charge in [-0.15, -0.1) is 6.58 Å². The lowest BCUT2D eigenvalue weighted by atomic mass is 10.0. The van der Waals surface area contributed by atoms with E-state index in [1.165, 1.54) is 0 Å². The highest BCUT2D eigenvalue weighted by atomic mass is 16.5. The van der Waals surface area contributed by atoms with Gasteiger partial charge in [0, 0.05) is 11.6 Å². The molecule has 1 aromatic carbocycles. The van der Waals surface area contributed by atoms with E-state index in [0.29, 0.717) is 0 Å². The summed E-state index contributed by atoms with van der Waals surface area (Å²) in [7, 11) is 3.28. The summed E-state index contributed by atoms with van der Waals surface area (Å²) < 4.78 is 10.5. The Balaban J connectivity index is 2.93. The minimum atomic E-state index is -0.0527. The lowest BCUT2D eigenvalue weighted by molar-refractivity contribution is 0.394. The van der Waals surface area contributed by atoms with Crippen LogP contribution in [0.1, 0.15) is 24.4 Å². The molecule has 1 atom stereocenters. The van der Waals surface area contributed by atoms with Crippen LogP contribution in [0.5, 0.6) is 11.5 Å². The van der Waals surface area contributed by atoms with E-state index in [1.807, 2.05) is 24.3 Å². The van der Waals surface area contributed by atoms with Crippen molar-refractivity contribution in [2.45, 2.75) is 18.9 Å². The highest BCUT2D eigenvalue weighted by Crippen LogP contribution is 2.30. The summed E-state index contributed by atoms with van der Waals surface area (Å²) in [5.74, 6) is 1.60. The molecule has 3 nitrogen and oxygen atoms in total. The Morgan fingerprint density at radius 2 is 2.12 bits per heavy atom. The molecule has 2 N–H and O–H groups in total. The van der Waals surface area contributed by atoms with Crippen molar-refractivity contribution >= 4 is 0 Å². The molecule has 0 aliphatic heterocycles. The molecule has 88 valence electrons. The first-order valence-electron chi connectivity index (χ1n) is 5.31. The largest absolute Gasteiger partial charge is 0.497 e. The highest BCUT2D eigenvalue weighted by molar-refractivity contribution is 5.42. The summed E-state index contributed by atoms with van der Waals surface area (Å²) in [5, 5.41) is 0. The molecule has 0 aliphatic rings. The number of ether oxygens (including phenoxy) is 2. The number of rotatable bonds is 6. The molecule has 0 bridgehead atoms. The lowest BCUT2D eigenvalue weighted by Crippen LogP contribution is -2.11. The molecule has 0 saturated heterocycles. The predicted octanol–water partition coefficient (Wildman–Crippen LogP) is 2.67. The maximum Gasteiger partial charge on any atom is 0.123 e. The first kappa shape index (κ1) is 12.6. The molecule has 1 rings (SSSR count). The van der Waals surface area contributed by atoms with Crippen molar-refractivity contribution in [2.75, 3.05) is 14.2 Å². The van der Waals surface area contributed by atoms with Crippen molar-refractivity contribution in [3.63, 3.8) is 0 Å². The fourth-order valence-corrected chi connectivity index (χ4v) is 1.58. The lowest BCUT2D eigenvalue weighted by Gasteiger charge is -2.16. The van der Waals surface area contributed by atoms with Gasteiger partial charge in [-0.1, -0.05) is 6.08 Å². The third kappa shape index (κ3) is 3.00. The standard InChI is InChI=1S/C13H19NO2/c1-4-5-6-12(14)11-9-10(15-2)7-8-13(11)16-3/h4,7-9,12H,1,5-6,14H2,2-3H3/t12-/m0/s1. The van der Waals surface area contributed by atoms with Crippen LogP contribution in [-0.2, 0) is 0 Å². The van der Waals surface area contributed by atoms with Crippen LogP contribution in [-0.4, -0.2) is 14.2 Å². The van der Waals surface area contributed by atoms with Crippen LogP contribution < -0.4 is 15.2 Å². The molecule has 0 unspecified atom stereocenters. The second-order valence-electron chi connectivity index (χ2n) is 3.58. The summed E-state index contributed by atoms with van der Waals surface area (Å²) in [6.07, 6.45) is 3.61. The summed E-state index contributed by atoms with van der Waals surface area (Å²) in [6.45, 7) is 3.69. The quantitative estimate of drug-likeness (QED) is 0.751. The second-order valence-corrected chi connectivity index (χ2v) is 3.58. The van der Waals surface area contributed by atoms with E-state index in [-0.39, 0.29) is 6.04 Å². The monoisotopic (exact) mass is 221 g/mol. The summed E-state index contributed by atoms with van der Waals surface area (Å²) >= 11 is 0. The van der Waals surface area contributed by atoms with Gasteiger partial charge in [0.05, 0.1) is 14.2 Å². The first-order chi connectivity index (χ1) is 7.72. The summed E-state index contributed by atoms with van der Waals surface area (Å²) in [4.78, 5) is 0. The van der Waals surface area contributed by atoms with E-state index in [2.05, 4.69) is 6.58 Å².